The van der Waals surface area contributed by atoms with E-state index in [9.17, 15) is 18.3 Å². The fraction of sp³-hybridized carbons (Fsp3) is 0.286. The average molecular weight is 459 g/mol. The molecule has 0 saturated heterocycles. The summed E-state index contributed by atoms with van der Waals surface area (Å²) in [5.74, 6) is 0.0440. The number of anilines is 1. The van der Waals surface area contributed by atoms with E-state index in [4.69, 9.17) is 0 Å². The highest BCUT2D eigenvalue weighted by Gasteiger charge is 2.29. The normalized spacial score (nSPS) is 15.3. The number of thiophene rings is 1. The Balaban J connectivity index is 1.82. The van der Waals surface area contributed by atoms with E-state index in [0.717, 1.165) is 12.8 Å². The second-order valence-electron chi connectivity index (χ2n) is 7.63. The molecule has 1 aromatic carbocycles. The van der Waals surface area contributed by atoms with Crippen LogP contribution < -0.4 is 10.9 Å². The molecule has 0 saturated carbocycles. The molecule has 31 heavy (non-hydrogen) atoms. The molecule has 0 spiro atoms. The van der Waals surface area contributed by atoms with Crippen molar-refractivity contribution in [2.24, 2.45) is 15.4 Å². The van der Waals surface area contributed by atoms with E-state index < -0.39 is 15.6 Å². The van der Waals surface area contributed by atoms with Crippen molar-refractivity contribution in [3.05, 3.63) is 51.6 Å². The number of aromatic hydroxyl groups is 1. The molecular weight excluding hydrogens is 436 g/mol. The first-order valence-corrected chi connectivity index (χ1v) is 12.2. The van der Waals surface area contributed by atoms with Gasteiger partial charge >= 0.3 is 0 Å². The summed E-state index contributed by atoms with van der Waals surface area (Å²) >= 11 is 1.23. The van der Waals surface area contributed by atoms with Crippen LogP contribution in [0.2, 0.25) is 0 Å². The number of fused-ring (bicyclic) bond motifs is 2. The lowest BCUT2D eigenvalue weighted by Crippen LogP contribution is -2.31. The summed E-state index contributed by atoms with van der Waals surface area (Å²) in [7, 11) is -4.03. The number of hydrogen-bond acceptors (Lipinski definition) is 7. The molecule has 4 rings (SSSR count). The molecular formula is C21H22N4O4S2. The predicted molar refractivity (Wildman–Crippen MR) is 124 cm³/mol. The molecule has 3 aromatic rings. The molecule has 0 atom stereocenters. The van der Waals surface area contributed by atoms with Gasteiger partial charge in [-0.2, -0.15) is 18.2 Å². The van der Waals surface area contributed by atoms with Gasteiger partial charge in [0.25, 0.3) is 15.6 Å². The summed E-state index contributed by atoms with van der Waals surface area (Å²) in [4.78, 5) is 13.3. The summed E-state index contributed by atoms with van der Waals surface area (Å²) in [6.45, 7) is 4.29. The Morgan fingerprint density at radius 2 is 2.06 bits per heavy atom. The fourth-order valence-corrected chi connectivity index (χ4v) is 5.33. The van der Waals surface area contributed by atoms with Crippen molar-refractivity contribution in [2.45, 2.75) is 38.0 Å². The number of amidine groups is 1. The maximum absolute atomic E-state index is 13.3. The van der Waals surface area contributed by atoms with Crippen LogP contribution in [0.15, 0.2) is 54.9 Å². The lowest BCUT2D eigenvalue weighted by molar-refractivity contribution is 0.479. The minimum Gasteiger partial charge on any atom is -0.505 e. The Morgan fingerprint density at radius 3 is 2.84 bits per heavy atom. The van der Waals surface area contributed by atoms with Gasteiger partial charge in [0.2, 0.25) is 0 Å². The molecule has 0 bridgehead atoms. The van der Waals surface area contributed by atoms with Gasteiger partial charge in [0.1, 0.15) is 10.5 Å². The second kappa shape index (κ2) is 8.27. The molecule has 0 fully saturated rings. The van der Waals surface area contributed by atoms with E-state index >= 15 is 0 Å². The zero-order valence-corrected chi connectivity index (χ0v) is 18.7. The molecule has 162 valence electrons. The standard InChI is InChI=1S/C21H22N4O4S2/c1-13(2)7-5-6-11-22-25-15-10-12-30-19(15)18(26)17(21(25)27)20-23-14-8-3-4-9-16(14)31(28,29)24-20/h3-4,8-13,26H,5-7H2,1-2H3,(H,23,24). The van der Waals surface area contributed by atoms with Gasteiger partial charge in [-0.1, -0.05) is 32.4 Å². The average Bonchev–Trinajstić information content (AvgIpc) is 3.19. The van der Waals surface area contributed by atoms with Gasteiger partial charge < -0.3 is 10.4 Å². The van der Waals surface area contributed by atoms with Gasteiger partial charge in [-0.25, -0.2) is 0 Å². The van der Waals surface area contributed by atoms with Crippen LogP contribution in [-0.4, -0.2) is 30.3 Å². The van der Waals surface area contributed by atoms with Crippen LogP contribution in [0.3, 0.4) is 0 Å². The van der Waals surface area contributed by atoms with Crippen LogP contribution in [0, 0.1) is 5.92 Å². The highest BCUT2D eigenvalue weighted by atomic mass is 32.2. The number of aromatic nitrogens is 1. The predicted octanol–water partition coefficient (Wildman–Crippen LogP) is 3.99. The fourth-order valence-electron chi connectivity index (χ4n) is 3.38. The minimum atomic E-state index is -4.03. The molecule has 3 heterocycles. The van der Waals surface area contributed by atoms with Crippen LogP contribution in [0.1, 0.15) is 38.7 Å². The topological polar surface area (TPSA) is 113 Å². The summed E-state index contributed by atoms with van der Waals surface area (Å²) in [5, 5.41) is 19.7. The van der Waals surface area contributed by atoms with Gasteiger partial charge in [-0.3, -0.25) is 4.79 Å². The van der Waals surface area contributed by atoms with Crippen LogP contribution in [0.25, 0.3) is 10.2 Å². The van der Waals surface area contributed by atoms with Crippen molar-refractivity contribution < 1.29 is 13.5 Å². The third-order valence-electron chi connectivity index (χ3n) is 4.91. The number of nitrogens with zero attached hydrogens (tertiary/aromatic N) is 3. The molecule has 0 radical (unpaired) electrons. The first-order valence-electron chi connectivity index (χ1n) is 9.89. The summed E-state index contributed by atoms with van der Waals surface area (Å²) in [5.41, 5.74) is -0.131. The van der Waals surface area contributed by atoms with E-state index in [2.05, 4.69) is 28.7 Å². The van der Waals surface area contributed by atoms with E-state index in [1.54, 1.807) is 35.9 Å². The number of nitrogens with one attached hydrogen (secondary N) is 1. The Bertz CT molecular complexity index is 1370. The van der Waals surface area contributed by atoms with Crippen LogP contribution in [0.4, 0.5) is 5.69 Å². The van der Waals surface area contributed by atoms with E-state index in [-0.39, 0.29) is 22.0 Å². The third-order valence-corrected chi connectivity index (χ3v) is 7.15. The zero-order valence-electron chi connectivity index (χ0n) is 17.1. The number of benzene rings is 1. The number of unbranched alkanes of at least 4 members (excludes halogenated alkanes) is 1. The van der Waals surface area contributed by atoms with Crippen molar-refractivity contribution in [1.82, 2.24) is 4.68 Å². The lowest BCUT2D eigenvalue weighted by Gasteiger charge is -2.19. The summed E-state index contributed by atoms with van der Waals surface area (Å²) < 4.78 is 30.6. The lowest BCUT2D eigenvalue weighted by atomic mass is 10.1. The molecule has 0 aliphatic carbocycles. The highest BCUT2D eigenvalue weighted by molar-refractivity contribution is 7.90. The van der Waals surface area contributed by atoms with Gasteiger partial charge in [0.05, 0.1) is 15.9 Å². The molecule has 0 unspecified atom stereocenters. The van der Waals surface area contributed by atoms with E-state index in [1.165, 1.54) is 22.1 Å². The number of para-hydroxylation sites is 1. The monoisotopic (exact) mass is 458 g/mol. The minimum absolute atomic E-state index is 0.0129. The van der Waals surface area contributed by atoms with Crippen molar-refractivity contribution in [1.29, 1.82) is 0 Å². The van der Waals surface area contributed by atoms with Gasteiger partial charge in [-0.05, 0) is 42.3 Å². The van der Waals surface area contributed by atoms with Gasteiger partial charge in [-0.15, -0.1) is 15.7 Å². The number of rotatable bonds is 6. The first kappa shape index (κ1) is 21.3. The molecule has 10 heteroatoms. The molecule has 1 aliphatic heterocycles. The maximum atomic E-state index is 13.3. The quantitative estimate of drug-likeness (QED) is 0.428. The summed E-state index contributed by atoms with van der Waals surface area (Å²) in [6, 6.07) is 7.97. The van der Waals surface area contributed by atoms with Crippen molar-refractivity contribution in [3.8, 4) is 5.75 Å². The number of pyridine rings is 1. The molecule has 8 nitrogen and oxygen atoms in total. The Hall–Kier alpha value is -2.98. The van der Waals surface area contributed by atoms with Gasteiger partial charge in [0, 0.05) is 6.21 Å². The van der Waals surface area contributed by atoms with E-state index in [0.29, 0.717) is 28.2 Å². The zero-order chi connectivity index (χ0) is 22.2. The van der Waals surface area contributed by atoms with Crippen molar-refractivity contribution in [3.63, 3.8) is 0 Å². The van der Waals surface area contributed by atoms with Crippen LogP contribution in [0.5, 0.6) is 5.75 Å². The van der Waals surface area contributed by atoms with Crippen molar-refractivity contribution >= 4 is 49.3 Å². The molecule has 2 N–H and O–H groups in total. The third kappa shape index (κ3) is 4.00. The van der Waals surface area contributed by atoms with Crippen LogP contribution in [-0.2, 0) is 10.0 Å². The van der Waals surface area contributed by atoms with E-state index in [1.807, 2.05) is 0 Å². The van der Waals surface area contributed by atoms with Crippen LogP contribution >= 0.6 is 11.3 Å². The Labute approximate surface area is 183 Å². The Morgan fingerprint density at radius 1 is 1.29 bits per heavy atom. The van der Waals surface area contributed by atoms with Crippen molar-refractivity contribution in [2.75, 3.05) is 5.32 Å². The number of hydrogen-bond donors (Lipinski definition) is 2. The maximum Gasteiger partial charge on any atom is 0.286 e. The largest absolute Gasteiger partial charge is 0.505 e. The number of sulfonamides is 1. The Kier molecular flexibility index (Phi) is 5.67. The summed E-state index contributed by atoms with van der Waals surface area (Å²) in [6.07, 6.45) is 4.36. The molecule has 0 amide bonds. The van der Waals surface area contributed by atoms with Gasteiger partial charge in [0.15, 0.2) is 11.6 Å². The molecule has 1 aliphatic rings. The molecule has 2 aromatic heterocycles. The highest BCUT2D eigenvalue weighted by Crippen LogP contribution is 2.34. The second-order valence-corrected chi connectivity index (χ2v) is 10.1. The first-order chi connectivity index (χ1) is 14.8. The smallest absolute Gasteiger partial charge is 0.286 e. The SMILES string of the molecule is CC(C)CCCC=Nn1c(=O)c(C2=NS(=O)(=O)c3ccccc3N2)c(O)c2sccc21.